The van der Waals surface area contributed by atoms with E-state index in [1.165, 1.54) is 21.3 Å². The van der Waals surface area contributed by atoms with Crippen LogP contribution in [0.2, 0.25) is 5.02 Å². The average Bonchev–Trinajstić information content (AvgIpc) is 2.91. The molecule has 28 heavy (non-hydrogen) atoms. The van der Waals surface area contributed by atoms with Crippen molar-refractivity contribution in [3.05, 3.63) is 29.3 Å². The molecule has 9 heteroatoms. The second kappa shape index (κ2) is 8.00. The molecule has 2 atom stereocenters. The number of nitrogens with one attached hydrogen (secondary N) is 2. The number of likely N-dealkylation sites (N-methyl/N-ethyl adjacent to an activating group) is 1. The van der Waals surface area contributed by atoms with Crippen molar-refractivity contribution in [3.63, 3.8) is 0 Å². The van der Waals surface area contributed by atoms with Crippen molar-refractivity contribution >= 4 is 33.5 Å². The minimum absolute atomic E-state index is 0.0822. The summed E-state index contributed by atoms with van der Waals surface area (Å²) >= 11 is 5.89. The summed E-state index contributed by atoms with van der Waals surface area (Å²) in [7, 11) is -2.07. The van der Waals surface area contributed by atoms with Crippen molar-refractivity contribution in [2.45, 2.75) is 49.5 Å². The second-order valence-corrected chi connectivity index (χ2v) is 9.94. The average molecular weight is 427 g/mol. The standard InChI is InChI=1S/C19H27ClN4O3S/c1-3-4-11-19(17(25)23(2)18(21)22-19)14-6-5-12-24(13-14)28(26,27)16-9-7-15(20)8-10-16/h7-10,14H,3-6,11-13H2,1-2H3,(H2,21,22)/t14-,19-/m1/s1. The summed E-state index contributed by atoms with van der Waals surface area (Å²) < 4.78 is 27.7. The molecule has 1 aromatic carbocycles. The van der Waals surface area contributed by atoms with Crippen LogP contribution in [0.25, 0.3) is 0 Å². The Morgan fingerprint density at radius 3 is 2.57 bits per heavy atom. The van der Waals surface area contributed by atoms with Gasteiger partial charge in [0.15, 0.2) is 5.96 Å². The zero-order valence-electron chi connectivity index (χ0n) is 16.2. The molecule has 3 rings (SSSR count). The summed E-state index contributed by atoms with van der Waals surface area (Å²) in [6.45, 7) is 2.74. The molecule has 154 valence electrons. The molecule has 0 bridgehead atoms. The molecule has 1 aromatic rings. The monoisotopic (exact) mass is 426 g/mol. The number of sulfonamides is 1. The molecule has 0 aromatic heterocycles. The van der Waals surface area contributed by atoms with Gasteiger partial charge < -0.3 is 5.32 Å². The number of carbonyl (C=O) groups excluding carboxylic acids is 1. The van der Waals surface area contributed by atoms with Crippen molar-refractivity contribution in [1.29, 1.82) is 5.41 Å². The summed E-state index contributed by atoms with van der Waals surface area (Å²) in [5.41, 5.74) is -0.907. The third kappa shape index (κ3) is 3.65. The van der Waals surface area contributed by atoms with Crippen molar-refractivity contribution in [1.82, 2.24) is 14.5 Å². The lowest BCUT2D eigenvalue weighted by Crippen LogP contribution is -2.58. The molecule has 0 spiro atoms. The highest BCUT2D eigenvalue weighted by molar-refractivity contribution is 7.89. The number of unbranched alkanes of at least 4 members (excludes halogenated alkanes) is 1. The Morgan fingerprint density at radius 1 is 1.32 bits per heavy atom. The predicted octanol–water partition coefficient (Wildman–Crippen LogP) is 2.67. The fourth-order valence-corrected chi connectivity index (χ4v) is 5.82. The quantitative estimate of drug-likeness (QED) is 0.731. The van der Waals surface area contributed by atoms with Gasteiger partial charge in [-0.3, -0.25) is 15.1 Å². The first-order chi connectivity index (χ1) is 13.2. The van der Waals surface area contributed by atoms with Crippen LogP contribution in [0.5, 0.6) is 0 Å². The molecule has 7 nitrogen and oxygen atoms in total. The lowest BCUT2D eigenvalue weighted by Gasteiger charge is -2.41. The molecule has 2 saturated heterocycles. The number of rotatable bonds is 6. The third-order valence-electron chi connectivity index (χ3n) is 5.82. The van der Waals surface area contributed by atoms with E-state index in [4.69, 9.17) is 17.0 Å². The zero-order valence-corrected chi connectivity index (χ0v) is 17.8. The first-order valence-corrected chi connectivity index (χ1v) is 11.4. The fourth-order valence-electron chi connectivity index (χ4n) is 4.17. The van der Waals surface area contributed by atoms with Crippen LogP contribution in [0.1, 0.15) is 39.0 Å². The van der Waals surface area contributed by atoms with Crippen molar-refractivity contribution in [2.75, 3.05) is 20.1 Å². The SMILES string of the molecule is CCCC[C@]1([C@@H]2CCCN(S(=O)(=O)c3ccc(Cl)cc3)C2)NC(=N)N(C)C1=O. The topological polar surface area (TPSA) is 93.6 Å². The molecule has 2 heterocycles. The van der Waals surface area contributed by atoms with Gasteiger partial charge in [0.25, 0.3) is 5.91 Å². The van der Waals surface area contributed by atoms with E-state index >= 15 is 0 Å². The van der Waals surface area contributed by atoms with Crippen LogP contribution in [0.4, 0.5) is 0 Å². The molecule has 2 N–H and O–H groups in total. The second-order valence-electron chi connectivity index (χ2n) is 7.57. The van der Waals surface area contributed by atoms with Crippen LogP contribution in [-0.2, 0) is 14.8 Å². The first-order valence-electron chi connectivity index (χ1n) is 9.63. The third-order valence-corrected chi connectivity index (χ3v) is 7.95. The smallest absolute Gasteiger partial charge is 0.255 e. The van der Waals surface area contributed by atoms with E-state index in [2.05, 4.69) is 12.2 Å². The Morgan fingerprint density at radius 2 is 2.00 bits per heavy atom. The van der Waals surface area contributed by atoms with E-state index in [-0.39, 0.29) is 29.2 Å². The number of carbonyl (C=O) groups is 1. The molecular formula is C19H27ClN4O3S. The van der Waals surface area contributed by atoms with Crippen molar-refractivity contribution < 1.29 is 13.2 Å². The molecule has 0 aliphatic carbocycles. The lowest BCUT2D eigenvalue weighted by molar-refractivity contribution is -0.133. The molecule has 0 unspecified atom stereocenters. The number of hydrogen-bond donors (Lipinski definition) is 2. The number of guanidine groups is 1. The fraction of sp³-hybridized carbons (Fsp3) is 0.579. The van der Waals surface area contributed by atoms with Crippen molar-refractivity contribution in [2.24, 2.45) is 5.92 Å². The highest BCUT2D eigenvalue weighted by Gasteiger charge is 2.54. The van der Waals surface area contributed by atoms with Crippen LogP contribution in [0, 0.1) is 11.3 Å². The Balaban J connectivity index is 1.89. The molecule has 0 radical (unpaired) electrons. The van der Waals surface area contributed by atoms with E-state index in [0.29, 0.717) is 24.4 Å². The molecule has 2 aliphatic heterocycles. The maximum Gasteiger partial charge on any atom is 0.255 e. The Bertz CT molecular complexity index is 858. The summed E-state index contributed by atoms with van der Waals surface area (Å²) in [5, 5.41) is 11.7. The highest BCUT2D eigenvalue weighted by atomic mass is 35.5. The van der Waals surface area contributed by atoms with Crippen LogP contribution in [0.3, 0.4) is 0 Å². The van der Waals surface area contributed by atoms with Crippen LogP contribution in [-0.4, -0.2) is 55.2 Å². The Labute approximate surface area is 171 Å². The first kappa shape index (κ1) is 21.1. The van der Waals surface area contributed by atoms with Gasteiger partial charge in [-0.15, -0.1) is 0 Å². The Hall–Kier alpha value is -1.64. The van der Waals surface area contributed by atoms with Gasteiger partial charge in [-0.1, -0.05) is 31.4 Å². The maximum absolute atomic E-state index is 13.1. The van der Waals surface area contributed by atoms with Gasteiger partial charge in [0.05, 0.1) is 4.90 Å². The maximum atomic E-state index is 13.1. The van der Waals surface area contributed by atoms with Gasteiger partial charge >= 0.3 is 0 Å². The summed E-state index contributed by atoms with van der Waals surface area (Å²) in [5.74, 6) is -0.242. The van der Waals surface area contributed by atoms with E-state index in [0.717, 1.165) is 19.3 Å². The van der Waals surface area contributed by atoms with Crippen LogP contribution in [0.15, 0.2) is 29.2 Å². The molecule has 2 fully saturated rings. The number of nitrogens with zero attached hydrogens (tertiary/aromatic N) is 2. The Kier molecular flexibility index (Phi) is 6.03. The summed E-state index contributed by atoms with van der Waals surface area (Å²) in [6.07, 6.45) is 3.77. The van der Waals surface area contributed by atoms with Crippen LogP contribution < -0.4 is 5.32 Å². The van der Waals surface area contributed by atoms with Gasteiger partial charge in [0, 0.05) is 31.1 Å². The number of piperidine rings is 1. The highest BCUT2D eigenvalue weighted by Crippen LogP contribution is 2.37. The molecule has 0 saturated carbocycles. The predicted molar refractivity (Wildman–Crippen MR) is 109 cm³/mol. The van der Waals surface area contributed by atoms with Gasteiger partial charge in [-0.05, 0) is 43.5 Å². The number of benzene rings is 1. The number of hydrogen-bond acceptors (Lipinski definition) is 4. The van der Waals surface area contributed by atoms with Gasteiger partial charge in [-0.2, -0.15) is 4.31 Å². The normalized spacial score (nSPS) is 26.5. The minimum atomic E-state index is -3.66. The number of halogens is 1. The minimum Gasteiger partial charge on any atom is -0.341 e. The summed E-state index contributed by atoms with van der Waals surface area (Å²) in [6, 6.07) is 6.15. The van der Waals surface area contributed by atoms with Gasteiger partial charge in [0.1, 0.15) is 5.54 Å². The van der Waals surface area contributed by atoms with Gasteiger partial charge in [-0.25, -0.2) is 8.42 Å². The largest absolute Gasteiger partial charge is 0.341 e. The van der Waals surface area contributed by atoms with Crippen LogP contribution >= 0.6 is 11.6 Å². The van der Waals surface area contributed by atoms with E-state index < -0.39 is 15.6 Å². The van der Waals surface area contributed by atoms with E-state index in [1.807, 2.05) is 0 Å². The molecule has 2 aliphatic rings. The zero-order chi connectivity index (χ0) is 20.5. The van der Waals surface area contributed by atoms with E-state index in [9.17, 15) is 13.2 Å². The summed E-state index contributed by atoms with van der Waals surface area (Å²) in [4.78, 5) is 14.6. The molecule has 1 amide bonds. The van der Waals surface area contributed by atoms with Crippen molar-refractivity contribution in [3.8, 4) is 0 Å². The van der Waals surface area contributed by atoms with Gasteiger partial charge in [0.2, 0.25) is 10.0 Å². The lowest BCUT2D eigenvalue weighted by atomic mass is 9.76. The number of amides is 1. The molecular weight excluding hydrogens is 400 g/mol. The van der Waals surface area contributed by atoms with E-state index in [1.54, 1.807) is 19.2 Å².